The molecule has 92 valence electrons. The first-order chi connectivity index (χ1) is 8.13. The van der Waals surface area contributed by atoms with Gasteiger partial charge in [0.05, 0.1) is 5.69 Å². The molecular formula is C13H18N2O2. The predicted octanol–water partition coefficient (Wildman–Crippen LogP) is 1.40. The summed E-state index contributed by atoms with van der Waals surface area (Å²) in [7, 11) is 0. The number of nitrogens with two attached hydrogens (primary N) is 1. The topological polar surface area (TPSA) is 55.6 Å². The molecule has 2 rings (SSSR count). The molecule has 0 aromatic heterocycles. The molecular weight excluding hydrogens is 216 g/mol. The third-order valence-corrected chi connectivity index (χ3v) is 2.97. The number of hydrogen-bond donors (Lipinski definition) is 1. The lowest BCUT2D eigenvalue weighted by atomic mass is 10.1. The molecule has 0 spiro atoms. The quantitative estimate of drug-likeness (QED) is 0.860. The van der Waals surface area contributed by atoms with Crippen LogP contribution in [0.15, 0.2) is 24.3 Å². The first kappa shape index (κ1) is 11.9. The summed E-state index contributed by atoms with van der Waals surface area (Å²) in [6, 6.07) is 7.61. The number of benzene rings is 1. The number of carbonyl (C=O) groups is 1. The Bertz CT molecular complexity index is 420. The maximum absolute atomic E-state index is 12.1. The molecule has 1 amide bonds. The normalized spacial score (nSPS) is 20.8. The summed E-state index contributed by atoms with van der Waals surface area (Å²) in [5.41, 5.74) is 6.46. The van der Waals surface area contributed by atoms with Crippen LogP contribution >= 0.6 is 0 Å². The SMILES string of the molecule is CC(CN)CN1C(=O)C(C)Oc2ccccc21. The third kappa shape index (κ3) is 2.26. The zero-order chi connectivity index (χ0) is 12.4. The van der Waals surface area contributed by atoms with Gasteiger partial charge < -0.3 is 15.4 Å². The fourth-order valence-corrected chi connectivity index (χ4v) is 1.93. The molecule has 17 heavy (non-hydrogen) atoms. The van der Waals surface area contributed by atoms with E-state index in [-0.39, 0.29) is 11.8 Å². The molecule has 1 heterocycles. The number of anilines is 1. The zero-order valence-corrected chi connectivity index (χ0v) is 10.2. The minimum atomic E-state index is -0.421. The highest BCUT2D eigenvalue weighted by molar-refractivity contribution is 5.99. The number of carbonyl (C=O) groups excluding carboxylic acids is 1. The van der Waals surface area contributed by atoms with Gasteiger partial charge in [0.1, 0.15) is 5.75 Å². The van der Waals surface area contributed by atoms with Crippen LogP contribution in [0.4, 0.5) is 5.69 Å². The van der Waals surface area contributed by atoms with E-state index < -0.39 is 6.10 Å². The van der Waals surface area contributed by atoms with E-state index in [0.29, 0.717) is 13.1 Å². The van der Waals surface area contributed by atoms with Crippen LogP contribution in [-0.4, -0.2) is 25.1 Å². The number of hydrogen-bond acceptors (Lipinski definition) is 3. The fourth-order valence-electron chi connectivity index (χ4n) is 1.93. The minimum absolute atomic E-state index is 0.00370. The standard InChI is InChI=1S/C13H18N2O2/c1-9(7-14)8-15-11-5-3-4-6-12(11)17-10(2)13(15)16/h3-6,9-10H,7-8,14H2,1-2H3. The third-order valence-electron chi connectivity index (χ3n) is 2.97. The summed E-state index contributed by atoms with van der Waals surface area (Å²) in [5.74, 6) is 1.05. The van der Waals surface area contributed by atoms with E-state index in [0.717, 1.165) is 11.4 Å². The Labute approximate surface area is 101 Å². The van der Waals surface area contributed by atoms with Gasteiger partial charge in [-0.2, -0.15) is 0 Å². The van der Waals surface area contributed by atoms with Gasteiger partial charge >= 0.3 is 0 Å². The Hall–Kier alpha value is -1.55. The van der Waals surface area contributed by atoms with E-state index in [2.05, 4.69) is 0 Å². The van der Waals surface area contributed by atoms with Gasteiger partial charge in [-0.1, -0.05) is 19.1 Å². The Balaban J connectivity index is 2.32. The van der Waals surface area contributed by atoms with E-state index in [4.69, 9.17) is 10.5 Å². The Morgan fingerprint density at radius 3 is 2.88 bits per heavy atom. The largest absolute Gasteiger partial charge is 0.479 e. The van der Waals surface area contributed by atoms with Gasteiger partial charge in [-0.25, -0.2) is 0 Å². The Kier molecular flexibility index (Phi) is 3.33. The monoisotopic (exact) mass is 234 g/mol. The lowest BCUT2D eigenvalue weighted by Crippen LogP contribution is -2.46. The molecule has 1 aromatic carbocycles. The number of amides is 1. The second-order valence-electron chi connectivity index (χ2n) is 4.52. The first-order valence-electron chi connectivity index (χ1n) is 5.90. The van der Waals surface area contributed by atoms with Gasteiger partial charge in [0.25, 0.3) is 5.91 Å². The van der Waals surface area contributed by atoms with Crippen LogP contribution in [0, 0.1) is 5.92 Å². The van der Waals surface area contributed by atoms with Crippen molar-refractivity contribution in [2.24, 2.45) is 11.7 Å². The van der Waals surface area contributed by atoms with Crippen molar-refractivity contribution in [3.05, 3.63) is 24.3 Å². The van der Waals surface area contributed by atoms with Crippen molar-refractivity contribution in [3.8, 4) is 5.75 Å². The van der Waals surface area contributed by atoms with Crippen molar-refractivity contribution in [2.45, 2.75) is 20.0 Å². The maximum Gasteiger partial charge on any atom is 0.267 e. The van der Waals surface area contributed by atoms with Crippen molar-refractivity contribution >= 4 is 11.6 Å². The molecule has 0 saturated heterocycles. The smallest absolute Gasteiger partial charge is 0.267 e. The molecule has 1 aliphatic heterocycles. The first-order valence-corrected chi connectivity index (χ1v) is 5.90. The molecule has 4 heteroatoms. The van der Waals surface area contributed by atoms with Gasteiger partial charge in [-0.05, 0) is 31.5 Å². The summed E-state index contributed by atoms with van der Waals surface area (Å²) in [6.45, 7) is 5.02. The van der Waals surface area contributed by atoms with Crippen LogP contribution in [0.5, 0.6) is 5.75 Å². The van der Waals surface area contributed by atoms with Crippen molar-refractivity contribution in [1.82, 2.24) is 0 Å². The molecule has 1 aliphatic rings. The molecule has 0 bridgehead atoms. The van der Waals surface area contributed by atoms with E-state index in [1.165, 1.54) is 0 Å². The van der Waals surface area contributed by atoms with Crippen LogP contribution in [0.25, 0.3) is 0 Å². The summed E-state index contributed by atoms with van der Waals surface area (Å²) >= 11 is 0. The van der Waals surface area contributed by atoms with Crippen LogP contribution in [0.2, 0.25) is 0 Å². The van der Waals surface area contributed by atoms with Crippen LogP contribution in [0.3, 0.4) is 0 Å². The minimum Gasteiger partial charge on any atom is -0.479 e. The highest BCUT2D eigenvalue weighted by atomic mass is 16.5. The highest BCUT2D eigenvalue weighted by Crippen LogP contribution is 2.33. The summed E-state index contributed by atoms with van der Waals surface area (Å²) in [6.07, 6.45) is -0.421. The van der Waals surface area contributed by atoms with Gasteiger partial charge in [0.15, 0.2) is 6.10 Å². The van der Waals surface area contributed by atoms with Crippen molar-refractivity contribution in [3.63, 3.8) is 0 Å². The van der Waals surface area contributed by atoms with E-state index >= 15 is 0 Å². The number of para-hydroxylation sites is 2. The molecule has 0 aliphatic carbocycles. The molecule has 2 N–H and O–H groups in total. The molecule has 2 unspecified atom stereocenters. The van der Waals surface area contributed by atoms with E-state index in [1.807, 2.05) is 31.2 Å². The summed E-state index contributed by atoms with van der Waals surface area (Å²) in [4.78, 5) is 13.9. The van der Waals surface area contributed by atoms with Crippen molar-refractivity contribution in [1.29, 1.82) is 0 Å². The second kappa shape index (κ2) is 4.75. The fraction of sp³-hybridized carbons (Fsp3) is 0.462. The van der Waals surface area contributed by atoms with Gasteiger partial charge in [-0.3, -0.25) is 4.79 Å². The van der Waals surface area contributed by atoms with Crippen LogP contribution < -0.4 is 15.4 Å². The molecule has 2 atom stereocenters. The summed E-state index contributed by atoms with van der Waals surface area (Å²) < 4.78 is 5.57. The van der Waals surface area contributed by atoms with Gasteiger partial charge in [-0.15, -0.1) is 0 Å². The van der Waals surface area contributed by atoms with Crippen molar-refractivity contribution < 1.29 is 9.53 Å². The van der Waals surface area contributed by atoms with E-state index in [9.17, 15) is 4.79 Å². The van der Waals surface area contributed by atoms with E-state index in [1.54, 1.807) is 11.8 Å². The zero-order valence-electron chi connectivity index (χ0n) is 10.2. The molecule has 0 fully saturated rings. The van der Waals surface area contributed by atoms with Crippen molar-refractivity contribution in [2.75, 3.05) is 18.0 Å². The lowest BCUT2D eigenvalue weighted by molar-refractivity contribution is -0.125. The van der Waals surface area contributed by atoms with Gasteiger partial charge in [0.2, 0.25) is 0 Å². The average molecular weight is 234 g/mol. The van der Waals surface area contributed by atoms with Crippen LogP contribution in [-0.2, 0) is 4.79 Å². The maximum atomic E-state index is 12.1. The number of ether oxygens (including phenoxy) is 1. The number of fused-ring (bicyclic) bond motifs is 1. The van der Waals surface area contributed by atoms with Crippen LogP contribution in [0.1, 0.15) is 13.8 Å². The Morgan fingerprint density at radius 1 is 1.47 bits per heavy atom. The number of nitrogens with zero attached hydrogens (tertiary/aromatic N) is 1. The highest BCUT2D eigenvalue weighted by Gasteiger charge is 2.31. The Morgan fingerprint density at radius 2 is 2.18 bits per heavy atom. The van der Waals surface area contributed by atoms with Gasteiger partial charge in [0, 0.05) is 6.54 Å². The molecule has 0 saturated carbocycles. The second-order valence-corrected chi connectivity index (χ2v) is 4.52. The summed E-state index contributed by atoms with van der Waals surface area (Å²) in [5, 5.41) is 0. The molecule has 0 radical (unpaired) electrons. The molecule has 4 nitrogen and oxygen atoms in total. The predicted molar refractivity (Wildman–Crippen MR) is 67.1 cm³/mol. The number of rotatable bonds is 3. The average Bonchev–Trinajstić information content (AvgIpc) is 2.34. The molecule has 1 aromatic rings. The lowest BCUT2D eigenvalue weighted by Gasteiger charge is -2.34.